The number of pyridine rings is 1. The van der Waals surface area contributed by atoms with E-state index in [1.54, 1.807) is 6.07 Å². The molecule has 112 valence electrons. The van der Waals surface area contributed by atoms with Crippen LogP contribution in [-0.2, 0) is 4.74 Å². The molecule has 1 saturated carbocycles. The molecule has 0 bridgehead atoms. The highest BCUT2D eigenvalue weighted by Gasteiger charge is 2.30. The molecule has 1 heterocycles. The number of ether oxygens (including phenoxy) is 1. The van der Waals surface area contributed by atoms with E-state index in [0.717, 1.165) is 32.4 Å². The van der Waals surface area contributed by atoms with Gasteiger partial charge in [0.1, 0.15) is 11.6 Å². The van der Waals surface area contributed by atoms with Crippen molar-refractivity contribution in [1.82, 2.24) is 4.98 Å². The van der Waals surface area contributed by atoms with Crippen molar-refractivity contribution < 1.29 is 4.74 Å². The Hall–Kier alpha value is -0.710. The normalized spacial score (nSPS) is 21.4. The van der Waals surface area contributed by atoms with Gasteiger partial charge in [-0.3, -0.25) is 0 Å². The van der Waals surface area contributed by atoms with Gasteiger partial charge < -0.3 is 15.4 Å². The lowest BCUT2D eigenvalue weighted by molar-refractivity contribution is 0.00293. The van der Waals surface area contributed by atoms with E-state index in [9.17, 15) is 0 Å². The van der Waals surface area contributed by atoms with Crippen LogP contribution in [0.1, 0.15) is 33.1 Å². The zero-order valence-corrected chi connectivity index (χ0v) is 13.4. The maximum atomic E-state index is 6.19. The predicted octanol–water partition coefficient (Wildman–Crippen LogP) is 4.19. The van der Waals surface area contributed by atoms with E-state index in [0.29, 0.717) is 33.8 Å². The van der Waals surface area contributed by atoms with E-state index in [-0.39, 0.29) is 0 Å². The van der Waals surface area contributed by atoms with Crippen LogP contribution in [0.2, 0.25) is 10.0 Å². The standard InChI is InChI=1S/C14H21Cl2N3O/c1-3-5-17-13-11(15)8-12(16)14(19-13)18-9-6-10(7-9)20-4-2/h8-10H,3-7H2,1-2H3,(H2,17,18,19). The molecular weight excluding hydrogens is 297 g/mol. The first kappa shape index (κ1) is 15.7. The number of rotatable bonds is 7. The van der Waals surface area contributed by atoms with Crippen molar-refractivity contribution in [3.8, 4) is 0 Å². The minimum absolute atomic E-state index is 0.362. The van der Waals surface area contributed by atoms with Crippen molar-refractivity contribution in [2.45, 2.75) is 45.3 Å². The first-order chi connectivity index (χ1) is 9.63. The van der Waals surface area contributed by atoms with Gasteiger partial charge in [-0.1, -0.05) is 30.1 Å². The van der Waals surface area contributed by atoms with Crippen molar-refractivity contribution in [3.63, 3.8) is 0 Å². The van der Waals surface area contributed by atoms with Gasteiger partial charge in [0.25, 0.3) is 0 Å². The Kier molecular flexibility index (Phi) is 5.75. The molecule has 6 heteroatoms. The Morgan fingerprint density at radius 1 is 1.25 bits per heavy atom. The molecule has 0 aromatic carbocycles. The third-order valence-electron chi connectivity index (χ3n) is 3.31. The summed E-state index contributed by atoms with van der Waals surface area (Å²) in [4.78, 5) is 4.48. The van der Waals surface area contributed by atoms with E-state index in [1.165, 1.54) is 0 Å². The van der Waals surface area contributed by atoms with Gasteiger partial charge in [-0.2, -0.15) is 0 Å². The molecule has 0 saturated heterocycles. The van der Waals surface area contributed by atoms with Gasteiger partial charge >= 0.3 is 0 Å². The number of anilines is 2. The molecule has 1 aromatic rings. The van der Waals surface area contributed by atoms with Gasteiger partial charge in [-0.05, 0) is 32.3 Å². The van der Waals surface area contributed by atoms with Gasteiger partial charge in [0.05, 0.1) is 16.1 Å². The molecule has 1 aliphatic rings. The molecule has 0 aliphatic heterocycles. The summed E-state index contributed by atoms with van der Waals surface area (Å²) < 4.78 is 5.55. The minimum Gasteiger partial charge on any atom is -0.378 e. The van der Waals surface area contributed by atoms with Crippen LogP contribution in [-0.4, -0.2) is 30.3 Å². The van der Waals surface area contributed by atoms with E-state index >= 15 is 0 Å². The maximum absolute atomic E-state index is 6.19. The first-order valence-corrected chi connectivity index (χ1v) is 7.87. The van der Waals surface area contributed by atoms with E-state index in [4.69, 9.17) is 27.9 Å². The summed E-state index contributed by atoms with van der Waals surface area (Å²) >= 11 is 12.3. The molecule has 1 fully saturated rings. The summed E-state index contributed by atoms with van der Waals surface area (Å²) in [6.45, 7) is 5.72. The number of hydrogen-bond donors (Lipinski definition) is 2. The third-order valence-corrected chi connectivity index (χ3v) is 3.89. The van der Waals surface area contributed by atoms with Gasteiger partial charge in [0.15, 0.2) is 0 Å². The van der Waals surface area contributed by atoms with Crippen molar-refractivity contribution in [1.29, 1.82) is 0 Å². The monoisotopic (exact) mass is 317 g/mol. The Morgan fingerprint density at radius 2 is 1.95 bits per heavy atom. The van der Waals surface area contributed by atoms with Crippen LogP contribution in [0.25, 0.3) is 0 Å². The van der Waals surface area contributed by atoms with Crippen molar-refractivity contribution in [2.75, 3.05) is 23.8 Å². The zero-order chi connectivity index (χ0) is 14.5. The second-order valence-corrected chi connectivity index (χ2v) is 5.78. The highest BCUT2D eigenvalue weighted by atomic mass is 35.5. The van der Waals surface area contributed by atoms with Gasteiger partial charge in [-0.25, -0.2) is 4.98 Å². The van der Waals surface area contributed by atoms with E-state index in [1.807, 2.05) is 6.92 Å². The summed E-state index contributed by atoms with van der Waals surface area (Å²) in [5.41, 5.74) is 0. The molecule has 2 N–H and O–H groups in total. The molecule has 2 rings (SSSR count). The van der Waals surface area contributed by atoms with Crippen LogP contribution in [0.5, 0.6) is 0 Å². The Bertz CT molecular complexity index is 450. The summed E-state index contributed by atoms with van der Waals surface area (Å²) in [5.74, 6) is 1.37. The highest BCUT2D eigenvalue weighted by molar-refractivity contribution is 6.37. The molecular formula is C14H21Cl2N3O. The van der Waals surface area contributed by atoms with Crippen LogP contribution in [0.4, 0.5) is 11.6 Å². The molecule has 20 heavy (non-hydrogen) atoms. The number of nitrogens with one attached hydrogen (secondary N) is 2. The fourth-order valence-electron chi connectivity index (χ4n) is 2.18. The van der Waals surface area contributed by atoms with Crippen LogP contribution in [0, 0.1) is 0 Å². The van der Waals surface area contributed by atoms with Crippen LogP contribution >= 0.6 is 23.2 Å². The number of nitrogens with zero attached hydrogens (tertiary/aromatic N) is 1. The molecule has 1 aliphatic carbocycles. The number of halogens is 2. The lowest BCUT2D eigenvalue weighted by Gasteiger charge is -2.35. The lowest BCUT2D eigenvalue weighted by atomic mass is 9.89. The highest BCUT2D eigenvalue weighted by Crippen LogP contribution is 2.32. The smallest absolute Gasteiger partial charge is 0.147 e. The average Bonchev–Trinajstić information content (AvgIpc) is 2.37. The topological polar surface area (TPSA) is 46.2 Å². The second-order valence-electron chi connectivity index (χ2n) is 4.97. The molecule has 1 aromatic heterocycles. The summed E-state index contributed by atoms with van der Waals surface area (Å²) in [5, 5.41) is 7.66. The number of aromatic nitrogens is 1. The Morgan fingerprint density at radius 3 is 2.60 bits per heavy atom. The summed E-state index contributed by atoms with van der Waals surface area (Å²) in [6, 6.07) is 2.10. The molecule has 4 nitrogen and oxygen atoms in total. The van der Waals surface area contributed by atoms with Gasteiger partial charge in [0, 0.05) is 19.2 Å². The first-order valence-electron chi connectivity index (χ1n) is 7.12. The Balaban J connectivity index is 1.97. The van der Waals surface area contributed by atoms with Gasteiger partial charge in [0.2, 0.25) is 0 Å². The fraction of sp³-hybridized carbons (Fsp3) is 0.643. The fourth-order valence-corrected chi connectivity index (χ4v) is 2.66. The van der Waals surface area contributed by atoms with Crippen molar-refractivity contribution in [2.24, 2.45) is 0 Å². The summed E-state index contributed by atoms with van der Waals surface area (Å²) in [6.07, 6.45) is 3.36. The predicted molar refractivity (Wildman–Crippen MR) is 85.1 cm³/mol. The Labute approximate surface area is 130 Å². The SMILES string of the molecule is CCCNc1nc(NC2CC(OCC)C2)c(Cl)cc1Cl. The summed E-state index contributed by atoms with van der Waals surface area (Å²) in [7, 11) is 0. The minimum atomic E-state index is 0.362. The molecule has 0 unspecified atom stereocenters. The molecule has 0 spiro atoms. The average molecular weight is 318 g/mol. The van der Waals surface area contributed by atoms with Crippen LogP contribution < -0.4 is 10.6 Å². The zero-order valence-electron chi connectivity index (χ0n) is 11.9. The molecule has 0 amide bonds. The van der Waals surface area contributed by atoms with Crippen LogP contribution in [0.15, 0.2) is 6.07 Å². The van der Waals surface area contributed by atoms with Gasteiger partial charge in [-0.15, -0.1) is 0 Å². The number of hydrogen-bond acceptors (Lipinski definition) is 4. The van der Waals surface area contributed by atoms with Crippen molar-refractivity contribution in [3.05, 3.63) is 16.1 Å². The lowest BCUT2D eigenvalue weighted by Crippen LogP contribution is -2.41. The largest absolute Gasteiger partial charge is 0.378 e. The second kappa shape index (κ2) is 7.34. The third kappa shape index (κ3) is 3.90. The van der Waals surface area contributed by atoms with Crippen molar-refractivity contribution >= 4 is 34.8 Å². The molecule has 0 atom stereocenters. The maximum Gasteiger partial charge on any atom is 0.147 e. The van der Waals surface area contributed by atoms with E-state index < -0.39 is 0 Å². The van der Waals surface area contributed by atoms with E-state index in [2.05, 4.69) is 22.5 Å². The quantitative estimate of drug-likeness (QED) is 0.791. The molecule has 0 radical (unpaired) electrons. The van der Waals surface area contributed by atoms with Crippen LogP contribution in [0.3, 0.4) is 0 Å².